The molecule has 1 aromatic carbocycles. The van der Waals surface area contributed by atoms with Crippen LogP contribution in [0.2, 0.25) is 0 Å². The maximum absolute atomic E-state index is 12.0. The zero-order chi connectivity index (χ0) is 12.7. The maximum atomic E-state index is 12.0. The highest BCUT2D eigenvalue weighted by Crippen LogP contribution is 2.09. The van der Waals surface area contributed by atoms with E-state index in [0.29, 0.717) is 32.0 Å². The number of carbonyl (C=O) groups is 1. The smallest absolute Gasteiger partial charge is 0.223 e. The summed E-state index contributed by atoms with van der Waals surface area (Å²) in [6.07, 6.45) is 0.590. The summed E-state index contributed by atoms with van der Waals surface area (Å²) in [7, 11) is 0. The number of benzene rings is 1. The molecule has 0 heterocycles. The molecule has 0 aliphatic heterocycles. The summed E-state index contributed by atoms with van der Waals surface area (Å²) in [5.41, 5.74) is 6.71. The van der Waals surface area contributed by atoms with Crippen LogP contribution in [-0.2, 0) is 11.3 Å². The summed E-state index contributed by atoms with van der Waals surface area (Å²) < 4.78 is 0. The van der Waals surface area contributed by atoms with Crippen LogP contribution in [0.25, 0.3) is 0 Å². The van der Waals surface area contributed by atoms with Crippen molar-refractivity contribution in [1.29, 1.82) is 0 Å². The first-order chi connectivity index (χ1) is 8.13. The molecule has 18 heavy (non-hydrogen) atoms. The summed E-state index contributed by atoms with van der Waals surface area (Å²) in [4.78, 5) is 13.9. The number of hydrogen-bond acceptors (Lipinski definition) is 2. The highest BCUT2D eigenvalue weighted by atomic mass is 35.5. The van der Waals surface area contributed by atoms with Crippen LogP contribution in [0, 0.1) is 5.92 Å². The highest BCUT2D eigenvalue weighted by molar-refractivity contribution is 5.85. The van der Waals surface area contributed by atoms with Crippen molar-refractivity contribution in [2.75, 3.05) is 13.1 Å². The van der Waals surface area contributed by atoms with Gasteiger partial charge in [0.25, 0.3) is 0 Å². The fourth-order valence-electron chi connectivity index (χ4n) is 1.73. The Bertz CT molecular complexity index is 341. The topological polar surface area (TPSA) is 46.3 Å². The molecule has 0 atom stereocenters. The van der Waals surface area contributed by atoms with Crippen LogP contribution in [0.15, 0.2) is 30.3 Å². The number of nitrogens with two attached hydrogens (primary N) is 1. The minimum absolute atomic E-state index is 0. The van der Waals surface area contributed by atoms with Crippen molar-refractivity contribution in [3.05, 3.63) is 35.9 Å². The summed E-state index contributed by atoms with van der Waals surface area (Å²) in [6, 6.07) is 10.0. The molecule has 0 unspecified atom stereocenters. The molecule has 102 valence electrons. The van der Waals surface area contributed by atoms with E-state index in [4.69, 9.17) is 5.73 Å². The van der Waals surface area contributed by atoms with Gasteiger partial charge in [-0.3, -0.25) is 4.79 Å². The van der Waals surface area contributed by atoms with Gasteiger partial charge in [-0.15, -0.1) is 12.4 Å². The Balaban J connectivity index is 0.00000289. The largest absolute Gasteiger partial charge is 0.337 e. The van der Waals surface area contributed by atoms with Gasteiger partial charge in [-0.1, -0.05) is 44.2 Å². The van der Waals surface area contributed by atoms with Crippen LogP contribution in [0.1, 0.15) is 25.8 Å². The number of nitrogens with zero attached hydrogens (tertiary/aromatic N) is 1. The summed E-state index contributed by atoms with van der Waals surface area (Å²) in [6.45, 7) is 5.91. The first-order valence-electron chi connectivity index (χ1n) is 6.15. The Morgan fingerprint density at radius 2 is 1.89 bits per heavy atom. The zero-order valence-corrected chi connectivity index (χ0v) is 12.0. The maximum Gasteiger partial charge on any atom is 0.223 e. The van der Waals surface area contributed by atoms with E-state index in [0.717, 1.165) is 5.56 Å². The molecule has 0 saturated carbocycles. The lowest BCUT2D eigenvalue weighted by Crippen LogP contribution is -2.35. The third kappa shape index (κ3) is 6.03. The first-order valence-corrected chi connectivity index (χ1v) is 6.15. The standard InChI is InChI=1S/C14H22N2O.ClH/c1-12(2)10-14(17)16(9-8-15)11-13-6-4-3-5-7-13;/h3-7,12H,8-11,15H2,1-2H3;1H. The quantitative estimate of drug-likeness (QED) is 0.863. The first kappa shape index (κ1) is 16.9. The van der Waals surface area contributed by atoms with E-state index in [1.165, 1.54) is 0 Å². The van der Waals surface area contributed by atoms with E-state index in [1.54, 1.807) is 0 Å². The van der Waals surface area contributed by atoms with Gasteiger partial charge in [0.05, 0.1) is 0 Å². The lowest BCUT2D eigenvalue weighted by Gasteiger charge is -2.23. The zero-order valence-electron chi connectivity index (χ0n) is 11.1. The Morgan fingerprint density at radius 3 is 2.39 bits per heavy atom. The Labute approximate surface area is 116 Å². The van der Waals surface area contributed by atoms with Gasteiger partial charge in [0.1, 0.15) is 0 Å². The van der Waals surface area contributed by atoms with Gasteiger partial charge in [-0.2, -0.15) is 0 Å². The molecule has 0 bridgehead atoms. The number of amides is 1. The SMILES string of the molecule is CC(C)CC(=O)N(CCN)Cc1ccccc1.Cl. The second kappa shape index (κ2) is 8.95. The third-order valence-corrected chi connectivity index (χ3v) is 2.55. The van der Waals surface area contributed by atoms with Crippen LogP contribution < -0.4 is 5.73 Å². The van der Waals surface area contributed by atoms with Crippen molar-refractivity contribution in [2.45, 2.75) is 26.8 Å². The van der Waals surface area contributed by atoms with Crippen molar-refractivity contribution < 1.29 is 4.79 Å². The molecule has 4 heteroatoms. The van der Waals surface area contributed by atoms with E-state index in [2.05, 4.69) is 13.8 Å². The summed E-state index contributed by atoms with van der Waals surface area (Å²) in [5.74, 6) is 0.577. The minimum Gasteiger partial charge on any atom is -0.337 e. The molecule has 1 amide bonds. The second-order valence-electron chi connectivity index (χ2n) is 4.69. The van der Waals surface area contributed by atoms with Gasteiger partial charge < -0.3 is 10.6 Å². The van der Waals surface area contributed by atoms with Crippen molar-refractivity contribution in [1.82, 2.24) is 4.90 Å². The molecule has 0 radical (unpaired) electrons. The molecule has 0 fully saturated rings. The molecule has 0 spiro atoms. The molecular weight excluding hydrogens is 248 g/mol. The monoisotopic (exact) mass is 270 g/mol. The minimum atomic E-state index is 0. The van der Waals surface area contributed by atoms with E-state index >= 15 is 0 Å². The van der Waals surface area contributed by atoms with Crippen LogP contribution >= 0.6 is 12.4 Å². The van der Waals surface area contributed by atoms with E-state index < -0.39 is 0 Å². The van der Waals surface area contributed by atoms with E-state index in [9.17, 15) is 4.79 Å². The van der Waals surface area contributed by atoms with Crippen molar-refractivity contribution in [3.63, 3.8) is 0 Å². The molecule has 1 rings (SSSR count). The fraction of sp³-hybridized carbons (Fsp3) is 0.500. The molecule has 3 nitrogen and oxygen atoms in total. The Kier molecular flexibility index (Phi) is 8.42. The van der Waals surface area contributed by atoms with Crippen LogP contribution in [0.3, 0.4) is 0 Å². The number of rotatable bonds is 6. The third-order valence-electron chi connectivity index (χ3n) is 2.55. The summed E-state index contributed by atoms with van der Waals surface area (Å²) in [5, 5.41) is 0. The summed E-state index contributed by atoms with van der Waals surface area (Å²) >= 11 is 0. The molecule has 0 aromatic heterocycles. The lowest BCUT2D eigenvalue weighted by atomic mass is 10.1. The number of halogens is 1. The molecular formula is C14H23ClN2O. The van der Waals surface area contributed by atoms with Gasteiger partial charge in [0.2, 0.25) is 5.91 Å². The normalized spacial score (nSPS) is 10.0. The van der Waals surface area contributed by atoms with Gasteiger partial charge >= 0.3 is 0 Å². The Hall–Kier alpha value is -1.06. The molecule has 0 aliphatic rings. The second-order valence-corrected chi connectivity index (χ2v) is 4.69. The lowest BCUT2D eigenvalue weighted by molar-refractivity contribution is -0.132. The van der Waals surface area contributed by atoms with Crippen LogP contribution in [0.5, 0.6) is 0 Å². The van der Waals surface area contributed by atoms with Gasteiger partial charge in [-0.05, 0) is 11.5 Å². The average Bonchev–Trinajstić information content (AvgIpc) is 2.29. The molecule has 0 aliphatic carbocycles. The number of carbonyl (C=O) groups excluding carboxylic acids is 1. The van der Waals surface area contributed by atoms with Gasteiger partial charge in [0.15, 0.2) is 0 Å². The van der Waals surface area contributed by atoms with Crippen molar-refractivity contribution in [3.8, 4) is 0 Å². The highest BCUT2D eigenvalue weighted by Gasteiger charge is 2.14. The van der Waals surface area contributed by atoms with E-state index in [1.807, 2.05) is 35.2 Å². The molecule has 2 N–H and O–H groups in total. The Morgan fingerprint density at radius 1 is 1.28 bits per heavy atom. The predicted octanol–water partition coefficient (Wildman–Crippen LogP) is 2.44. The predicted molar refractivity (Wildman–Crippen MR) is 77.6 cm³/mol. The van der Waals surface area contributed by atoms with Gasteiger partial charge in [-0.25, -0.2) is 0 Å². The molecule has 1 aromatic rings. The van der Waals surface area contributed by atoms with Crippen LogP contribution in [-0.4, -0.2) is 23.9 Å². The van der Waals surface area contributed by atoms with Crippen LogP contribution in [0.4, 0.5) is 0 Å². The van der Waals surface area contributed by atoms with E-state index in [-0.39, 0.29) is 18.3 Å². The number of hydrogen-bond donors (Lipinski definition) is 1. The molecule has 0 saturated heterocycles. The van der Waals surface area contributed by atoms with Gasteiger partial charge in [0, 0.05) is 26.1 Å². The fourth-order valence-corrected chi connectivity index (χ4v) is 1.73. The van der Waals surface area contributed by atoms with Crippen molar-refractivity contribution in [2.24, 2.45) is 11.7 Å². The van der Waals surface area contributed by atoms with Crippen molar-refractivity contribution >= 4 is 18.3 Å². The average molecular weight is 271 g/mol.